The van der Waals surface area contributed by atoms with Gasteiger partial charge in [-0.15, -0.1) is 0 Å². The molecule has 2 fully saturated rings. The number of hydrogen-bond acceptors (Lipinski definition) is 5. The van der Waals surface area contributed by atoms with Gasteiger partial charge < -0.3 is 14.2 Å². The van der Waals surface area contributed by atoms with Crippen LogP contribution in [0.5, 0.6) is 0 Å². The lowest BCUT2D eigenvalue weighted by Crippen LogP contribution is -2.54. The van der Waals surface area contributed by atoms with Gasteiger partial charge >= 0.3 is 17.5 Å². The van der Waals surface area contributed by atoms with E-state index < -0.39 is 35.3 Å². The van der Waals surface area contributed by atoms with Crippen molar-refractivity contribution in [2.75, 3.05) is 13.1 Å². The third kappa shape index (κ3) is 3.88. The van der Waals surface area contributed by atoms with Crippen molar-refractivity contribution in [2.45, 2.75) is 44.6 Å². The second-order valence-corrected chi connectivity index (χ2v) is 10.7. The molecule has 0 saturated carbocycles. The highest BCUT2D eigenvalue weighted by atomic mass is 35.5. The summed E-state index contributed by atoms with van der Waals surface area (Å²) in [6.07, 6.45) is -1.50. The number of rotatable bonds is 1. The summed E-state index contributed by atoms with van der Waals surface area (Å²) in [5.41, 5.74) is 1.17. The van der Waals surface area contributed by atoms with Crippen molar-refractivity contribution < 1.29 is 22.1 Å². The van der Waals surface area contributed by atoms with Gasteiger partial charge in [-0.2, -0.15) is 4.21 Å². The molecule has 4 atom stereocenters. The predicted octanol–water partition coefficient (Wildman–Crippen LogP) is 5.26. The van der Waals surface area contributed by atoms with E-state index in [1.807, 2.05) is 57.2 Å². The molecule has 1 amide bonds. The molecule has 3 heterocycles. The van der Waals surface area contributed by atoms with Crippen LogP contribution in [0.3, 0.4) is 0 Å². The number of fused-ring (bicyclic) bond motifs is 4. The van der Waals surface area contributed by atoms with E-state index in [0.29, 0.717) is 16.6 Å². The lowest BCUT2D eigenvalue weighted by atomic mass is 9.99. The molecule has 0 radical (unpaired) electrons. The van der Waals surface area contributed by atoms with Gasteiger partial charge in [0.15, 0.2) is 0 Å². The predicted molar refractivity (Wildman–Crippen MR) is 124 cm³/mol. The minimum atomic E-state index is -1.88. The first-order valence-electron chi connectivity index (χ1n) is 10.2. The van der Waals surface area contributed by atoms with E-state index in [1.165, 1.54) is 0 Å². The molecule has 2 saturated heterocycles. The van der Waals surface area contributed by atoms with E-state index >= 15 is 0 Å². The average molecular weight is 497 g/mol. The summed E-state index contributed by atoms with van der Waals surface area (Å²) in [6, 6.07) is 10.9. The van der Waals surface area contributed by atoms with Crippen molar-refractivity contribution in [3.05, 3.63) is 46.4 Å². The Morgan fingerprint density at radius 2 is 1.62 bits per heavy atom. The van der Waals surface area contributed by atoms with Crippen LogP contribution < -0.4 is 0 Å². The first-order valence-corrected chi connectivity index (χ1v) is 12.0. The molecule has 1 aromatic heterocycles. The van der Waals surface area contributed by atoms with Gasteiger partial charge in [-0.25, -0.2) is 4.79 Å². The van der Waals surface area contributed by atoms with E-state index in [4.69, 9.17) is 36.3 Å². The Morgan fingerprint density at radius 1 is 1.03 bits per heavy atom. The monoisotopic (exact) mass is 496 g/mol. The maximum Gasteiger partial charge on any atom is 0.410 e. The quantitative estimate of drug-likeness (QED) is 0.459. The summed E-state index contributed by atoms with van der Waals surface area (Å²) in [6.45, 7) is 6.00. The average Bonchev–Trinajstić information content (AvgIpc) is 3.22. The number of nitrogens with zero attached hydrogens (tertiary/aromatic N) is 2. The van der Waals surface area contributed by atoms with Crippen LogP contribution in [-0.4, -0.2) is 50.7 Å². The molecule has 0 spiro atoms. The minimum Gasteiger partial charge on any atom is -0.444 e. The largest absolute Gasteiger partial charge is 0.444 e. The minimum absolute atomic E-state index is 0.233. The van der Waals surface area contributed by atoms with Crippen LogP contribution >= 0.6 is 23.2 Å². The lowest BCUT2D eigenvalue weighted by molar-refractivity contribution is -0.0162. The Labute approximate surface area is 198 Å². The maximum absolute atomic E-state index is 12.9. The van der Waals surface area contributed by atoms with Crippen molar-refractivity contribution in [3.63, 3.8) is 0 Å². The highest BCUT2D eigenvalue weighted by molar-refractivity contribution is 7.75. The first kappa shape index (κ1) is 22.0. The number of likely N-dealkylation sites (tertiary alicyclic amines) is 1. The summed E-state index contributed by atoms with van der Waals surface area (Å²) >= 11 is 10.7. The lowest BCUT2D eigenvalue weighted by Gasteiger charge is -2.39. The Hall–Kier alpha value is -1.84. The summed E-state index contributed by atoms with van der Waals surface area (Å²) < 4.78 is 31.0. The van der Waals surface area contributed by atoms with Crippen LogP contribution in [0.2, 0.25) is 10.0 Å². The van der Waals surface area contributed by atoms with Gasteiger partial charge in [0.1, 0.15) is 17.8 Å². The SMILES string of the molecule is CC(C)(C)OC(=O)N1CC2OS(=O)OC2C(n2c3ccc(Cl)cc3c3cc(Cl)ccc32)C1. The Balaban J connectivity index is 1.66. The van der Waals surface area contributed by atoms with Crippen molar-refractivity contribution in [1.82, 2.24) is 9.47 Å². The highest BCUT2D eigenvalue weighted by Crippen LogP contribution is 2.40. The van der Waals surface area contributed by atoms with Crippen LogP contribution in [0.15, 0.2) is 36.4 Å². The molecule has 10 heteroatoms. The number of amides is 1. The van der Waals surface area contributed by atoms with Gasteiger partial charge in [0, 0.05) is 38.4 Å². The molecule has 4 unspecified atom stereocenters. The molecule has 2 aliphatic heterocycles. The molecule has 0 N–H and O–H groups in total. The van der Waals surface area contributed by atoms with Crippen LogP contribution in [0.1, 0.15) is 26.8 Å². The Morgan fingerprint density at radius 3 is 2.19 bits per heavy atom. The van der Waals surface area contributed by atoms with Crippen LogP contribution in [0.25, 0.3) is 21.8 Å². The van der Waals surface area contributed by atoms with Gasteiger partial charge in [0.25, 0.3) is 0 Å². The van der Waals surface area contributed by atoms with E-state index in [2.05, 4.69) is 4.57 Å². The van der Waals surface area contributed by atoms with Crippen LogP contribution in [-0.2, 0) is 24.5 Å². The van der Waals surface area contributed by atoms with Gasteiger partial charge in [0.05, 0.1) is 12.6 Å². The number of ether oxygens (including phenoxy) is 1. The topological polar surface area (TPSA) is 70.0 Å². The molecular weight excluding hydrogens is 475 g/mol. The molecule has 2 aliphatic rings. The van der Waals surface area contributed by atoms with Crippen molar-refractivity contribution in [2.24, 2.45) is 0 Å². The normalized spacial score (nSPS) is 26.0. The third-order valence-corrected chi connectivity index (χ3v) is 6.91. The second-order valence-electron chi connectivity index (χ2n) is 9.05. The summed E-state index contributed by atoms with van der Waals surface area (Å²) in [5, 5.41) is 3.08. The second kappa shape index (κ2) is 7.88. The molecule has 32 heavy (non-hydrogen) atoms. The molecule has 7 nitrogen and oxygen atoms in total. The number of carbonyl (C=O) groups excluding carboxylic acids is 1. The summed E-state index contributed by atoms with van der Waals surface area (Å²) in [4.78, 5) is 14.5. The smallest absolute Gasteiger partial charge is 0.410 e. The van der Waals surface area contributed by atoms with Crippen molar-refractivity contribution in [3.8, 4) is 0 Å². The van der Waals surface area contributed by atoms with Gasteiger partial charge in [-0.1, -0.05) is 23.2 Å². The summed E-state index contributed by atoms with van der Waals surface area (Å²) in [7, 11) is 0. The molecule has 3 aromatic rings. The number of benzene rings is 2. The number of aromatic nitrogens is 1. The maximum atomic E-state index is 12.9. The van der Waals surface area contributed by atoms with Crippen molar-refractivity contribution >= 4 is 62.5 Å². The Kier molecular flexibility index (Phi) is 5.41. The fourth-order valence-electron chi connectivity index (χ4n) is 4.46. The van der Waals surface area contributed by atoms with Crippen molar-refractivity contribution in [1.29, 1.82) is 0 Å². The third-order valence-electron chi connectivity index (χ3n) is 5.66. The molecule has 2 aromatic carbocycles. The zero-order chi connectivity index (χ0) is 22.8. The molecule has 170 valence electrons. The standard InChI is InChI=1S/C22H22Cl2N2O5S/c1-22(2,3)29-21(27)25-10-18(20-19(11-25)30-32(28)31-20)26-16-6-4-12(23)8-14(16)15-9-13(24)5-7-17(15)26/h4-9,18-20H,10-11H2,1-3H3. The zero-order valence-electron chi connectivity index (χ0n) is 17.7. The zero-order valence-corrected chi connectivity index (χ0v) is 20.0. The fourth-order valence-corrected chi connectivity index (χ4v) is 5.65. The van der Waals surface area contributed by atoms with Crippen LogP contribution in [0, 0.1) is 0 Å². The van der Waals surface area contributed by atoms with E-state index in [-0.39, 0.29) is 12.6 Å². The number of halogens is 2. The van der Waals surface area contributed by atoms with E-state index in [1.54, 1.807) is 4.90 Å². The molecule has 5 rings (SSSR count). The number of piperidine rings is 1. The molecular formula is C22H22Cl2N2O5S. The molecule has 0 aliphatic carbocycles. The molecule has 0 bridgehead atoms. The fraction of sp³-hybridized carbons (Fsp3) is 0.409. The number of carbonyl (C=O) groups is 1. The first-order chi connectivity index (χ1) is 15.1. The summed E-state index contributed by atoms with van der Waals surface area (Å²) in [5.74, 6) is 0. The van der Waals surface area contributed by atoms with Gasteiger partial charge in [0.2, 0.25) is 0 Å². The van der Waals surface area contributed by atoms with E-state index in [9.17, 15) is 9.00 Å². The van der Waals surface area contributed by atoms with Gasteiger partial charge in [-0.3, -0.25) is 8.37 Å². The van der Waals surface area contributed by atoms with Gasteiger partial charge in [-0.05, 0) is 57.2 Å². The van der Waals surface area contributed by atoms with Crippen LogP contribution in [0.4, 0.5) is 4.79 Å². The number of hydrogen-bond donors (Lipinski definition) is 0. The Bertz CT molecular complexity index is 1200. The van der Waals surface area contributed by atoms with E-state index in [0.717, 1.165) is 21.8 Å². The highest BCUT2D eigenvalue weighted by Gasteiger charge is 2.49.